The molecule has 1 aromatic rings. The van der Waals surface area contributed by atoms with Crippen LogP contribution in [-0.2, 0) is 9.53 Å². The van der Waals surface area contributed by atoms with Crippen LogP contribution in [-0.4, -0.2) is 19.1 Å². The second-order valence-electron chi connectivity index (χ2n) is 4.22. The molecule has 0 fully saturated rings. The summed E-state index contributed by atoms with van der Waals surface area (Å²) in [5.74, 6) is 0.142. The standard InChI is InChI=1S/C15H17NO2/c1-12(13-6-3-2-4-7-13)15(17)18-14-8-5-10-16-11-9-14/h2-9,12,16H,10-11H2,1H3/t12-/m1/s1. The summed E-state index contributed by atoms with van der Waals surface area (Å²) in [7, 11) is 0. The Kier molecular flexibility index (Phi) is 4.31. The molecule has 1 aliphatic heterocycles. The van der Waals surface area contributed by atoms with E-state index < -0.39 is 0 Å². The first-order chi connectivity index (χ1) is 8.77. The highest BCUT2D eigenvalue weighted by Crippen LogP contribution is 2.18. The van der Waals surface area contributed by atoms with Gasteiger partial charge < -0.3 is 10.1 Å². The molecule has 1 aliphatic rings. The molecule has 3 nitrogen and oxygen atoms in total. The van der Waals surface area contributed by atoms with Crippen LogP contribution in [0.5, 0.6) is 0 Å². The van der Waals surface area contributed by atoms with Gasteiger partial charge in [-0.2, -0.15) is 0 Å². The maximum atomic E-state index is 12.0. The SMILES string of the molecule is C[C@@H](C(=O)OC1=CCNCC=C1)c1ccccc1. The molecular weight excluding hydrogens is 226 g/mol. The highest BCUT2D eigenvalue weighted by Gasteiger charge is 2.17. The molecule has 1 N–H and O–H groups in total. The summed E-state index contributed by atoms with van der Waals surface area (Å²) in [6.45, 7) is 3.37. The summed E-state index contributed by atoms with van der Waals surface area (Å²) in [6.07, 6.45) is 5.65. The lowest BCUT2D eigenvalue weighted by molar-refractivity contribution is -0.140. The second kappa shape index (κ2) is 6.17. The average Bonchev–Trinajstić information content (AvgIpc) is 2.67. The predicted octanol–water partition coefficient (Wildman–Crippen LogP) is 2.38. The number of hydrogen-bond acceptors (Lipinski definition) is 3. The summed E-state index contributed by atoms with van der Waals surface area (Å²) < 4.78 is 5.38. The number of carbonyl (C=O) groups excluding carboxylic acids is 1. The molecule has 2 rings (SSSR count). The number of carbonyl (C=O) groups is 1. The Hall–Kier alpha value is -1.87. The topological polar surface area (TPSA) is 38.3 Å². The Bertz CT molecular complexity index is 463. The highest BCUT2D eigenvalue weighted by molar-refractivity contribution is 5.78. The van der Waals surface area contributed by atoms with E-state index in [1.165, 1.54) is 0 Å². The average molecular weight is 243 g/mol. The summed E-state index contributed by atoms with van der Waals surface area (Å²) >= 11 is 0. The van der Waals surface area contributed by atoms with Gasteiger partial charge in [0, 0.05) is 13.1 Å². The number of hydrogen-bond donors (Lipinski definition) is 1. The van der Waals surface area contributed by atoms with Crippen LogP contribution in [0.15, 0.2) is 54.3 Å². The Morgan fingerprint density at radius 1 is 1.28 bits per heavy atom. The van der Waals surface area contributed by atoms with Gasteiger partial charge in [0.15, 0.2) is 0 Å². The van der Waals surface area contributed by atoms with Gasteiger partial charge in [-0.05, 0) is 24.6 Å². The Labute approximate surface area is 107 Å². The first-order valence-corrected chi connectivity index (χ1v) is 6.11. The maximum Gasteiger partial charge on any atom is 0.318 e. The molecule has 3 heteroatoms. The van der Waals surface area contributed by atoms with Gasteiger partial charge in [-0.15, -0.1) is 0 Å². The monoisotopic (exact) mass is 243 g/mol. The third-order valence-corrected chi connectivity index (χ3v) is 2.86. The summed E-state index contributed by atoms with van der Waals surface area (Å²) in [5.41, 5.74) is 0.971. The lowest BCUT2D eigenvalue weighted by Gasteiger charge is -2.11. The van der Waals surface area contributed by atoms with Crippen LogP contribution in [0.4, 0.5) is 0 Å². The molecule has 18 heavy (non-hydrogen) atoms. The molecule has 0 aliphatic carbocycles. The minimum atomic E-state index is -0.253. The van der Waals surface area contributed by atoms with Gasteiger partial charge in [0.2, 0.25) is 0 Å². The van der Waals surface area contributed by atoms with E-state index in [1.54, 1.807) is 0 Å². The fraction of sp³-hybridized carbons (Fsp3) is 0.267. The molecule has 0 unspecified atom stereocenters. The molecule has 0 amide bonds. The van der Waals surface area contributed by atoms with Crippen molar-refractivity contribution in [2.24, 2.45) is 0 Å². The molecule has 0 radical (unpaired) electrons. The molecule has 0 bridgehead atoms. The molecule has 0 spiro atoms. The Balaban J connectivity index is 2.01. The third-order valence-electron chi connectivity index (χ3n) is 2.86. The normalized spacial score (nSPS) is 16.6. The van der Waals surface area contributed by atoms with E-state index in [-0.39, 0.29) is 11.9 Å². The zero-order chi connectivity index (χ0) is 12.8. The Morgan fingerprint density at radius 3 is 2.83 bits per heavy atom. The van der Waals surface area contributed by atoms with Crippen molar-refractivity contribution in [3.05, 3.63) is 59.9 Å². The van der Waals surface area contributed by atoms with E-state index in [4.69, 9.17) is 4.74 Å². The quantitative estimate of drug-likeness (QED) is 0.828. The summed E-state index contributed by atoms with van der Waals surface area (Å²) in [4.78, 5) is 12.0. The van der Waals surface area contributed by atoms with Crippen LogP contribution < -0.4 is 5.32 Å². The van der Waals surface area contributed by atoms with Crippen molar-refractivity contribution in [3.8, 4) is 0 Å². The van der Waals surface area contributed by atoms with Crippen molar-refractivity contribution in [2.75, 3.05) is 13.1 Å². The lowest BCUT2D eigenvalue weighted by atomic mass is 10.0. The minimum Gasteiger partial charge on any atom is -0.426 e. The molecule has 0 saturated heterocycles. The van der Waals surface area contributed by atoms with Crippen molar-refractivity contribution in [3.63, 3.8) is 0 Å². The van der Waals surface area contributed by atoms with Gasteiger partial charge >= 0.3 is 5.97 Å². The van der Waals surface area contributed by atoms with E-state index in [2.05, 4.69) is 5.32 Å². The molecule has 1 aromatic carbocycles. The van der Waals surface area contributed by atoms with Gasteiger partial charge in [-0.3, -0.25) is 4.79 Å². The third kappa shape index (κ3) is 3.31. The molecule has 94 valence electrons. The van der Waals surface area contributed by atoms with Crippen molar-refractivity contribution >= 4 is 5.97 Å². The van der Waals surface area contributed by atoms with E-state index in [9.17, 15) is 4.79 Å². The minimum absolute atomic E-state index is 0.223. The van der Waals surface area contributed by atoms with E-state index in [1.807, 2.05) is 55.5 Å². The molecular formula is C15H17NO2. The smallest absolute Gasteiger partial charge is 0.318 e. The highest BCUT2D eigenvalue weighted by atomic mass is 16.5. The van der Waals surface area contributed by atoms with Gasteiger partial charge in [0.1, 0.15) is 5.76 Å². The number of esters is 1. The summed E-state index contributed by atoms with van der Waals surface area (Å²) in [6, 6.07) is 9.65. The van der Waals surface area contributed by atoms with Crippen molar-refractivity contribution in [2.45, 2.75) is 12.8 Å². The zero-order valence-electron chi connectivity index (χ0n) is 10.4. The van der Waals surface area contributed by atoms with Gasteiger partial charge in [0.25, 0.3) is 0 Å². The molecule has 1 heterocycles. The van der Waals surface area contributed by atoms with Gasteiger partial charge in [-0.1, -0.05) is 36.4 Å². The number of allylic oxidation sites excluding steroid dienone is 1. The maximum absolute atomic E-state index is 12.0. The van der Waals surface area contributed by atoms with Crippen LogP contribution in [0.3, 0.4) is 0 Å². The number of rotatable bonds is 3. The number of ether oxygens (including phenoxy) is 1. The first-order valence-electron chi connectivity index (χ1n) is 6.11. The van der Waals surface area contributed by atoms with Crippen molar-refractivity contribution < 1.29 is 9.53 Å². The van der Waals surface area contributed by atoms with Crippen LogP contribution in [0.2, 0.25) is 0 Å². The van der Waals surface area contributed by atoms with Gasteiger partial charge in [-0.25, -0.2) is 0 Å². The fourth-order valence-electron chi connectivity index (χ4n) is 1.74. The van der Waals surface area contributed by atoms with Crippen LogP contribution in [0.25, 0.3) is 0 Å². The number of benzene rings is 1. The number of nitrogens with one attached hydrogen (secondary N) is 1. The Morgan fingerprint density at radius 2 is 2.06 bits per heavy atom. The van der Waals surface area contributed by atoms with Crippen LogP contribution in [0, 0.1) is 0 Å². The van der Waals surface area contributed by atoms with E-state index >= 15 is 0 Å². The molecule has 0 saturated carbocycles. The predicted molar refractivity (Wildman–Crippen MR) is 71.0 cm³/mol. The second-order valence-corrected chi connectivity index (χ2v) is 4.22. The van der Waals surface area contributed by atoms with E-state index in [0.29, 0.717) is 5.76 Å². The van der Waals surface area contributed by atoms with Crippen molar-refractivity contribution in [1.29, 1.82) is 0 Å². The molecule has 1 atom stereocenters. The fourth-order valence-corrected chi connectivity index (χ4v) is 1.74. The first kappa shape index (κ1) is 12.6. The largest absolute Gasteiger partial charge is 0.426 e. The van der Waals surface area contributed by atoms with Gasteiger partial charge in [0.05, 0.1) is 5.92 Å². The zero-order valence-corrected chi connectivity index (χ0v) is 10.4. The van der Waals surface area contributed by atoms with E-state index in [0.717, 1.165) is 18.7 Å². The lowest BCUT2D eigenvalue weighted by Crippen LogP contribution is -2.13. The summed E-state index contributed by atoms with van der Waals surface area (Å²) in [5, 5.41) is 3.16. The molecule has 0 aromatic heterocycles. The van der Waals surface area contributed by atoms with Crippen LogP contribution >= 0.6 is 0 Å². The van der Waals surface area contributed by atoms with Crippen molar-refractivity contribution in [1.82, 2.24) is 5.32 Å². The van der Waals surface area contributed by atoms with Crippen LogP contribution in [0.1, 0.15) is 18.4 Å².